The molecule has 11 heteroatoms. The van der Waals surface area contributed by atoms with Gasteiger partial charge in [0.05, 0.1) is 17.5 Å². The van der Waals surface area contributed by atoms with Crippen LogP contribution >= 0.6 is 11.6 Å². The summed E-state index contributed by atoms with van der Waals surface area (Å²) in [4.78, 5) is 31.9. The lowest BCUT2D eigenvalue weighted by atomic mass is 10.2. The van der Waals surface area contributed by atoms with E-state index in [0.717, 1.165) is 19.2 Å². The van der Waals surface area contributed by atoms with Crippen LogP contribution in [0.15, 0.2) is 43.4 Å². The number of hydrogen-bond donors (Lipinski definition) is 3. The summed E-state index contributed by atoms with van der Waals surface area (Å²) in [6, 6.07) is 1.04. The van der Waals surface area contributed by atoms with Gasteiger partial charge >= 0.3 is 0 Å². The van der Waals surface area contributed by atoms with Gasteiger partial charge in [0, 0.05) is 53.1 Å². The normalized spacial score (nSPS) is 12.1. The fourth-order valence-electron chi connectivity index (χ4n) is 3.08. The van der Waals surface area contributed by atoms with Crippen molar-refractivity contribution in [1.82, 2.24) is 34.8 Å². The first kappa shape index (κ1) is 20.7. The number of halogens is 2. The Balaban J connectivity index is 0.00000193. The third kappa shape index (κ3) is 4.80. The van der Waals surface area contributed by atoms with Gasteiger partial charge in [0.2, 0.25) is 5.91 Å². The number of nitrogens with one attached hydrogen (secondary N) is 3. The molecule has 0 aliphatic heterocycles. The molecule has 4 rings (SSSR count). The minimum Gasteiger partial charge on any atom is -0.356 e. The summed E-state index contributed by atoms with van der Waals surface area (Å²) >= 11 is 6.04. The Labute approximate surface area is 186 Å². The van der Waals surface area contributed by atoms with Crippen LogP contribution in [-0.4, -0.2) is 48.0 Å². The number of pyridine rings is 1. The number of amides is 1. The molecule has 0 radical (unpaired) electrons. The van der Waals surface area contributed by atoms with Crippen molar-refractivity contribution in [2.75, 3.05) is 11.9 Å². The number of aromatic amines is 1. The Morgan fingerprint density at radius 2 is 2.26 bits per heavy atom. The topological polar surface area (TPSA) is 113 Å². The zero-order chi connectivity index (χ0) is 21.8. The summed E-state index contributed by atoms with van der Waals surface area (Å²) in [6.45, 7) is 2.88. The minimum absolute atomic E-state index is 0. The molecule has 0 aromatic carbocycles. The van der Waals surface area contributed by atoms with Crippen LogP contribution in [0.2, 0.25) is 5.02 Å². The second-order valence-electron chi connectivity index (χ2n) is 6.95. The van der Waals surface area contributed by atoms with Crippen molar-refractivity contribution < 1.29 is 13.5 Å². The predicted molar refractivity (Wildman–Crippen MR) is 121 cm³/mol. The Bertz CT molecular complexity index is 1210. The molecule has 166 valence electrons. The number of rotatable bonds is 8. The van der Waals surface area contributed by atoms with Crippen LogP contribution in [0.5, 0.6) is 0 Å². The fourth-order valence-corrected chi connectivity index (χ4v) is 3.23. The van der Waals surface area contributed by atoms with Crippen LogP contribution in [0.1, 0.15) is 17.6 Å². The lowest BCUT2D eigenvalue weighted by Crippen LogP contribution is -2.38. The van der Waals surface area contributed by atoms with Crippen molar-refractivity contribution >= 4 is 34.4 Å². The summed E-state index contributed by atoms with van der Waals surface area (Å²) in [6.07, 6.45) is 10.3. The fraction of sp³-hybridized carbons (Fsp3) is 0.250. The Hall–Kier alpha value is -3.53. The molecular formula is C20H26ClFN8O. The van der Waals surface area contributed by atoms with E-state index in [1.54, 1.807) is 31.7 Å². The molecule has 4 heterocycles. The van der Waals surface area contributed by atoms with Gasteiger partial charge in [-0.1, -0.05) is 11.6 Å². The van der Waals surface area contributed by atoms with E-state index in [2.05, 4.69) is 35.6 Å². The highest BCUT2D eigenvalue weighted by atomic mass is 35.5. The van der Waals surface area contributed by atoms with E-state index in [4.69, 9.17) is 11.6 Å². The number of hydrogen-bond acceptors (Lipinski definition) is 6. The van der Waals surface area contributed by atoms with Gasteiger partial charge < -0.3 is 20.2 Å². The van der Waals surface area contributed by atoms with Gasteiger partial charge in [0.15, 0.2) is 17.5 Å². The number of anilines is 1. The van der Waals surface area contributed by atoms with Gasteiger partial charge in [-0.05, 0) is 19.4 Å². The molecule has 0 unspecified atom stereocenters. The zero-order valence-corrected chi connectivity index (χ0v) is 17.4. The monoisotopic (exact) mass is 448 g/mol. The van der Waals surface area contributed by atoms with Gasteiger partial charge in [-0.15, -0.1) is 0 Å². The van der Waals surface area contributed by atoms with Crippen molar-refractivity contribution in [3.63, 3.8) is 0 Å². The lowest BCUT2D eigenvalue weighted by molar-refractivity contribution is -0.121. The molecule has 0 bridgehead atoms. The smallest absolute Gasteiger partial charge is 0.242 e. The molecule has 0 saturated heterocycles. The van der Waals surface area contributed by atoms with Crippen LogP contribution in [0, 0.1) is 5.82 Å². The quantitative estimate of drug-likeness (QED) is 0.354. The lowest BCUT2D eigenvalue weighted by Gasteiger charge is -2.15. The van der Waals surface area contributed by atoms with Crippen LogP contribution in [0.25, 0.3) is 22.4 Å². The summed E-state index contributed by atoms with van der Waals surface area (Å²) in [5, 5.41) is 6.83. The highest BCUT2D eigenvalue weighted by molar-refractivity contribution is 6.31. The van der Waals surface area contributed by atoms with Crippen LogP contribution in [0.4, 0.5) is 10.2 Å². The van der Waals surface area contributed by atoms with E-state index in [0.29, 0.717) is 28.2 Å². The van der Waals surface area contributed by atoms with Gasteiger partial charge in [-0.3, -0.25) is 4.79 Å². The van der Waals surface area contributed by atoms with Crippen LogP contribution in [-0.2, 0) is 11.3 Å². The molecule has 4 aromatic heterocycles. The van der Waals surface area contributed by atoms with E-state index in [-0.39, 0.29) is 21.8 Å². The first-order valence-corrected chi connectivity index (χ1v) is 10.0. The predicted octanol–water partition coefficient (Wildman–Crippen LogP) is 3.75. The average Bonchev–Trinajstić information content (AvgIpc) is 3.42. The van der Waals surface area contributed by atoms with Crippen molar-refractivity contribution in [2.24, 2.45) is 0 Å². The molecule has 1 atom stereocenters. The van der Waals surface area contributed by atoms with E-state index in [1.807, 2.05) is 10.8 Å². The Morgan fingerprint density at radius 1 is 1.39 bits per heavy atom. The molecule has 0 saturated carbocycles. The second kappa shape index (κ2) is 9.09. The maximum atomic E-state index is 14.3. The Kier molecular flexibility index (Phi) is 6.08. The molecule has 4 aromatic rings. The van der Waals surface area contributed by atoms with Gasteiger partial charge in [-0.2, -0.15) is 0 Å². The molecule has 0 aliphatic carbocycles. The van der Waals surface area contributed by atoms with Crippen molar-refractivity contribution in [3.8, 4) is 11.4 Å². The van der Waals surface area contributed by atoms with Crippen LogP contribution in [0.3, 0.4) is 0 Å². The van der Waals surface area contributed by atoms with Crippen molar-refractivity contribution in [1.29, 1.82) is 0 Å². The molecule has 9 nitrogen and oxygen atoms in total. The third-order valence-corrected chi connectivity index (χ3v) is 4.89. The maximum Gasteiger partial charge on any atom is 0.242 e. The van der Waals surface area contributed by atoms with Crippen LogP contribution < -0.4 is 10.6 Å². The number of fused-ring (bicyclic) bond motifs is 1. The number of H-pyrrole nitrogens is 1. The second-order valence-corrected chi connectivity index (χ2v) is 7.39. The first-order chi connectivity index (χ1) is 15.0. The maximum absolute atomic E-state index is 14.3. The highest BCUT2D eigenvalue weighted by Gasteiger charge is 2.18. The number of nitrogens with zero attached hydrogens (tertiary/aromatic N) is 5. The summed E-state index contributed by atoms with van der Waals surface area (Å²) < 4.78 is 16.2. The molecule has 3 N–H and O–H groups in total. The van der Waals surface area contributed by atoms with E-state index in [9.17, 15) is 9.18 Å². The standard InChI is InChI=1S/C20H20ClFN8O.3H2/c1-12(20(31)24-3-2-5-30-6-4-23-11-30)28-19-16(22)10-27-18(29-19)15-9-26-17-14(15)7-13(21)8-25-17;;;/h4,6-12H,2-3,5H2,1H3,(H,24,31)(H,25,26)(H,27,28,29);3*1H/t12-;;;/m0.../s1. The molecule has 0 spiro atoms. The van der Waals surface area contributed by atoms with Crippen molar-refractivity contribution in [3.05, 3.63) is 54.2 Å². The number of carbonyl (C=O) groups excluding carboxylic acids is 1. The molecule has 0 aliphatic rings. The largest absolute Gasteiger partial charge is 0.356 e. The SMILES string of the molecule is C[C@H](Nc1nc(-c2c[nH]c3ncc(Cl)cc23)ncc1F)C(=O)NCCCn1ccnc1.[HH].[HH].[HH]. The van der Waals surface area contributed by atoms with Gasteiger partial charge in [-0.25, -0.2) is 24.3 Å². The first-order valence-electron chi connectivity index (χ1n) is 9.67. The molecular weight excluding hydrogens is 423 g/mol. The zero-order valence-electron chi connectivity index (χ0n) is 16.6. The van der Waals surface area contributed by atoms with Gasteiger partial charge in [0.1, 0.15) is 11.7 Å². The van der Waals surface area contributed by atoms with E-state index < -0.39 is 11.9 Å². The number of carbonyl (C=O) groups is 1. The number of aromatic nitrogens is 6. The molecule has 0 fully saturated rings. The van der Waals surface area contributed by atoms with E-state index >= 15 is 0 Å². The molecule has 31 heavy (non-hydrogen) atoms. The Morgan fingerprint density at radius 3 is 3.06 bits per heavy atom. The minimum atomic E-state index is -0.690. The highest BCUT2D eigenvalue weighted by Crippen LogP contribution is 2.28. The van der Waals surface area contributed by atoms with Crippen molar-refractivity contribution in [2.45, 2.75) is 25.9 Å². The summed E-state index contributed by atoms with van der Waals surface area (Å²) in [7, 11) is 0. The average molecular weight is 449 g/mol. The molecule has 1 amide bonds. The third-order valence-electron chi connectivity index (χ3n) is 4.68. The number of imidazole rings is 1. The summed E-state index contributed by atoms with van der Waals surface area (Å²) in [5.74, 6) is -0.685. The summed E-state index contributed by atoms with van der Waals surface area (Å²) in [5.41, 5.74) is 1.25. The number of aryl methyl sites for hydroxylation is 1. The van der Waals surface area contributed by atoms with E-state index in [1.165, 1.54) is 6.20 Å². The van der Waals surface area contributed by atoms with Gasteiger partial charge in [0.25, 0.3) is 0 Å².